The third-order valence-corrected chi connectivity index (χ3v) is 3.55. The Labute approximate surface area is 150 Å². The molecule has 11 nitrogen and oxygen atoms in total. The van der Waals surface area contributed by atoms with Crippen molar-refractivity contribution in [3.05, 3.63) is 0 Å². The van der Waals surface area contributed by atoms with Crippen molar-refractivity contribution in [3.8, 4) is 0 Å². The normalized spacial score (nSPS) is 14.2. The zero-order valence-corrected chi connectivity index (χ0v) is 14.7. The first kappa shape index (κ1) is 23.3. The standard InChI is InChI=1S/C15H26N4O7/c1-7(2)12(15(25)26)19-14(24)9(4-6-11(21)22)18-13(23)8(16)3-5-10(17)20/h7-9,12H,3-6,16H2,1-2H3,(H2,17,20)(H,18,23)(H,19,24)(H,21,22)(H,25,26)/t8-,9-,12-/m0/s1. The molecule has 0 aromatic rings. The molecule has 0 bridgehead atoms. The van der Waals surface area contributed by atoms with Crippen molar-refractivity contribution in [2.45, 2.75) is 57.7 Å². The van der Waals surface area contributed by atoms with Gasteiger partial charge in [0.25, 0.3) is 0 Å². The van der Waals surface area contributed by atoms with Crippen LogP contribution in [0.2, 0.25) is 0 Å². The molecule has 0 aromatic heterocycles. The maximum Gasteiger partial charge on any atom is 0.326 e. The molecule has 0 unspecified atom stereocenters. The summed E-state index contributed by atoms with van der Waals surface area (Å²) in [7, 11) is 0. The summed E-state index contributed by atoms with van der Waals surface area (Å²) in [5.74, 6) is -5.11. The number of primary amides is 1. The number of carbonyl (C=O) groups excluding carboxylic acids is 3. The first-order valence-electron chi connectivity index (χ1n) is 8.04. The summed E-state index contributed by atoms with van der Waals surface area (Å²) in [5.41, 5.74) is 10.6. The van der Waals surface area contributed by atoms with Gasteiger partial charge in [-0.25, -0.2) is 4.79 Å². The molecule has 0 fully saturated rings. The van der Waals surface area contributed by atoms with Crippen molar-refractivity contribution < 1.29 is 34.2 Å². The van der Waals surface area contributed by atoms with Gasteiger partial charge in [0.05, 0.1) is 6.04 Å². The lowest BCUT2D eigenvalue weighted by Gasteiger charge is -2.24. The summed E-state index contributed by atoms with van der Waals surface area (Å²) < 4.78 is 0. The monoisotopic (exact) mass is 374 g/mol. The second-order valence-corrected chi connectivity index (χ2v) is 6.17. The number of hydrogen-bond acceptors (Lipinski definition) is 6. The Morgan fingerprint density at radius 2 is 1.50 bits per heavy atom. The predicted octanol–water partition coefficient (Wildman–Crippen LogP) is -1.85. The lowest BCUT2D eigenvalue weighted by Crippen LogP contribution is -2.55. The van der Waals surface area contributed by atoms with E-state index in [0.29, 0.717) is 0 Å². The fourth-order valence-corrected chi connectivity index (χ4v) is 2.01. The lowest BCUT2D eigenvalue weighted by molar-refractivity contribution is -0.144. The highest BCUT2D eigenvalue weighted by Crippen LogP contribution is 2.05. The number of rotatable bonds is 12. The Morgan fingerprint density at radius 1 is 0.923 bits per heavy atom. The van der Waals surface area contributed by atoms with Gasteiger partial charge in [-0.05, 0) is 18.8 Å². The van der Waals surface area contributed by atoms with Crippen LogP contribution in [-0.2, 0) is 24.0 Å². The van der Waals surface area contributed by atoms with Crippen LogP contribution in [0.4, 0.5) is 0 Å². The van der Waals surface area contributed by atoms with E-state index in [0.717, 1.165) is 0 Å². The van der Waals surface area contributed by atoms with Gasteiger partial charge in [0.1, 0.15) is 12.1 Å². The number of amides is 3. The average Bonchev–Trinajstić information content (AvgIpc) is 2.52. The van der Waals surface area contributed by atoms with E-state index in [2.05, 4.69) is 10.6 Å². The maximum absolute atomic E-state index is 12.3. The Hall–Kier alpha value is -2.69. The van der Waals surface area contributed by atoms with Gasteiger partial charge in [-0.2, -0.15) is 0 Å². The minimum atomic E-state index is -1.28. The molecule has 0 aliphatic heterocycles. The van der Waals surface area contributed by atoms with Crippen molar-refractivity contribution in [1.82, 2.24) is 10.6 Å². The fraction of sp³-hybridized carbons (Fsp3) is 0.667. The highest BCUT2D eigenvalue weighted by atomic mass is 16.4. The van der Waals surface area contributed by atoms with E-state index in [1.165, 1.54) is 0 Å². The summed E-state index contributed by atoms with van der Waals surface area (Å²) >= 11 is 0. The smallest absolute Gasteiger partial charge is 0.326 e. The molecule has 26 heavy (non-hydrogen) atoms. The predicted molar refractivity (Wildman–Crippen MR) is 89.6 cm³/mol. The van der Waals surface area contributed by atoms with E-state index in [1.807, 2.05) is 0 Å². The summed E-state index contributed by atoms with van der Waals surface area (Å²) in [6.45, 7) is 3.17. The first-order chi connectivity index (χ1) is 12.0. The van der Waals surface area contributed by atoms with E-state index < -0.39 is 60.1 Å². The van der Waals surface area contributed by atoms with Gasteiger partial charge in [0, 0.05) is 12.8 Å². The Balaban J connectivity index is 5.05. The second kappa shape index (κ2) is 11.0. The number of nitrogens with one attached hydrogen (secondary N) is 2. The molecule has 0 saturated heterocycles. The summed E-state index contributed by atoms with van der Waals surface area (Å²) in [6.07, 6.45) is -0.846. The number of hydrogen-bond donors (Lipinski definition) is 6. The minimum absolute atomic E-state index is 0.0435. The van der Waals surface area contributed by atoms with E-state index in [4.69, 9.17) is 21.7 Å². The fourth-order valence-electron chi connectivity index (χ4n) is 2.01. The number of carboxylic acid groups (broad SMARTS) is 2. The van der Waals surface area contributed by atoms with Crippen LogP contribution in [0.3, 0.4) is 0 Å². The molecule has 148 valence electrons. The van der Waals surface area contributed by atoms with Gasteiger partial charge in [-0.3, -0.25) is 19.2 Å². The molecule has 0 aliphatic rings. The quantitative estimate of drug-likeness (QED) is 0.228. The SMILES string of the molecule is CC(C)[C@H](NC(=O)[C@H](CCC(=O)O)NC(=O)[C@@H](N)CCC(N)=O)C(=O)O. The zero-order chi connectivity index (χ0) is 20.4. The minimum Gasteiger partial charge on any atom is -0.481 e. The van der Waals surface area contributed by atoms with Crippen LogP contribution in [0.5, 0.6) is 0 Å². The molecule has 3 amide bonds. The molecule has 0 radical (unpaired) electrons. The van der Waals surface area contributed by atoms with Gasteiger partial charge < -0.3 is 32.3 Å². The van der Waals surface area contributed by atoms with Crippen LogP contribution in [0.15, 0.2) is 0 Å². The van der Waals surface area contributed by atoms with Crippen molar-refractivity contribution in [2.24, 2.45) is 17.4 Å². The van der Waals surface area contributed by atoms with Crippen LogP contribution in [0.1, 0.15) is 39.5 Å². The summed E-state index contributed by atoms with van der Waals surface area (Å²) in [4.78, 5) is 57.0. The van der Waals surface area contributed by atoms with Crippen LogP contribution in [0, 0.1) is 5.92 Å². The zero-order valence-electron chi connectivity index (χ0n) is 14.7. The van der Waals surface area contributed by atoms with Gasteiger partial charge in [-0.1, -0.05) is 13.8 Å². The lowest BCUT2D eigenvalue weighted by atomic mass is 10.0. The molecule has 0 spiro atoms. The average molecular weight is 374 g/mol. The molecule has 11 heteroatoms. The van der Waals surface area contributed by atoms with Crippen molar-refractivity contribution in [1.29, 1.82) is 0 Å². The third kappa shape index (κ3) is 8.97. The third-order valence-electron chi connectivity index (χ3n) is 3.55. The number of carbonyl (C=O) groups is 5. The molecule has 8 N–H and O–H groups in total. The molecule has 0 saturated carbocycles. The molecule has 0 aliphatic carbocycles. The molecule has 0 aromatic carbocycles. The molecule has 0 rings (SSSR count). The largest absolute Gasteiger partial charge is 0.481 e. The van der Waals surface area contributed by atoms with Gasteiger partial charge in [0.2, 0.25) is 17.7 Å². The Bertz CT molecular complexity index is 550. The highest BCUT2D eigenvalue weighted by Gasteiger charge is 2.29. The van der Waals surface area contributed by atoms with Crippen LogP contribution < -0.4 is 22.1 Å². The van der Waals surface area contributed by atoms with E-state index in [1.54, 1.807) is 13.8 Å². The van der Waals surface area contributed by atoms with Crippen molar-refractivity contribution in [2.75, 3.05) is 0 Å². The second-order valence-electron chi connectivity index (χ2n) is 6.17. The van der Waals surface area contributed by atoms with E-state index in [9.17, 15) is 24.0 Å². The topological polar surface area (TPSA) is 202 Å². The molecule has 3 atom stereocenters. The van der Waals surface area contributed by atoms with Crippen molar-refractivity contribution in [3.63, 3.8) is 0 Å². The first-order valence-corrected chi connectivity index (χ1v) is 8.04. The molecular formula is C15H26N4O7. The summed E-state index contributed by atoms with van der Waals surface area (Å²) in [6, 6.07) is -3.60. The number of nitrogens with two attached hydrogens (primary N) is 2. The Morgan fingerprint density at radius 3 is 1.92 bits per heavy atom. The van der Waals surface area contributed by atoms with Crippen LogP contribution in [-0.4, -0.2) is 58.0 Å². The van der Waals surface area contributed by atoms with Crippen LogP contribution >= 0.6 is 0 Å². The van der Waals surface area contributed by atoms with Gasteiger partial charge >= 0.3 is 11.9 Å². The summed E-state index contributed by atoms with van der Waals surface area (Å²) in [5, 5.41) is 22.5. The molecule has 0 heterocycles. The highest BCUT2D eigenvalue weighted by molar-refractivity contribution is 5.92. The number of aliphatic carboxylic acids is 2. The van der Waals surface area contributed by atoms with Crippen LogP contribution in [0.25, 0.3) is 0 Å². The molecular weight excluding hydrogens is 348 g/mol. The Kier molecular flexibility index (Phi) is 9.89. The van der Waals surface area contributed by atoms with E-state index >= 15 is 0 Å². The van der Waals surface area contributed by atoms with Crippen molar-refractivity contribution >= 4 is 29.7 Å². The number of carboxylic acids is 2. The van der Waals surface area contributed by atoms with Gasteiger partial charge in [0.15, 0.2) is 0 Å². The van der Waals surface area contributed by atoms with Gasteiger partial charge in [-0.15, -0.1) is 0 Å². The maximum atomic E-state index is 12.3. The van der Waals surface area contributed by atoms with E-state index in [-0.39, 0.29) is 19.3 Å².